The molecule has 1 aliphatic carbocycles. The van der Waals surface area contributed by atoms with Crippen LogP contribution in [-0.4, -0.2) is 46.4 Å². The maximum Gasteiger partial charge on any atom is 0.308 e. The Morgan fingerprint density at radius 3 is 2.37 bits per heavy atom. The van der Waals surface area contributed by atoms with Crippen LogP contribution < -0.4 is 10.1 Å². The number of aromatic amines is 1. The van der Waals surface area contributed by atoms with Gasteiger partial charge in [-0.2, -0.15) is 5.10 Å². The van der Waals surface area contributed by atoms with Crippen LogP contribution in [0.25, 0.3) is 22.0 Å². The van der Waals surface area contributed by atoms with Crippen LogP contribution >= 0.6 is 23.2 Å². The number of H-pyrrole nitrogens is 1. The number of hydrogen-bond donors (Lipinski definition) is 2. The Morgan fingerprint density at radius 1 is 1.04 bits per heavy atom. The molecule has 46 heavy (non-hydrogen) atoms. The minimum absolute atomic E-state index is 0.0438. The van der Waals surface area contributed by atoms with E-state index in [1.807, 2.05) is 70.6 Å². The number of amides is 1. The molecule has 4 aromatic rings. The minimum Gasteiger partial charge on any atom is -0.494 e. The van der Waals surface area contributed by atoms with Crippen LogP contribution in [-0.2, 0) is 23.0 Å². The number of nitrogens with one attached hydrogen (secondary N) is 2. The molecule has 0 radical (unpaired) electrons. The first-order chi connectivity index (χ1) is 22.0. The zero-order valence-corrected chi connectivity index (χ0v) is 29.1. The average Bonchev–Trinajstić information content (AvgIpc) is 3.52. The van der Waals surface area contributed by atoms with Gasteiger partial charge in [0.15, 0.2) is 0 Å². The SMILES string of the molecule is CCOC(=O)C1CCC(CNC(=O)c2[nH]c3c(-c4c(C)nn(C)c4C)c(Cl)ccc3c2CCCOc2cc(C)c(Cl)c(C)c2)CC1. The molecular formula is C36H44Cl2N4O4. The van der Waals surface area contributed by atoms with Crippen LogP contribution in [0.1, 0.15) is 77.6 Å². The van der Waals surface area contributed by atoms with E-state index in [4.69, 9.17) is 32.7 Å². The van der Waals surface area contributed by atoms with E-state index in [1.165, 1.54) is 0 Å². The number of benzene rings is 2. The molecule has 5 rings (SSSR count). The van der Waals surface area contributed by atoms with Gasteiger partial charge in [-0.05, 0) is 114 Å². The molecule has 246 valence electrons. The molecule has 0 saturated heterocycles. The van der Waals surface area contributed by atoms with Gasteiger partial charge in [0.1, 0.15) is 11.4 Å². The van der Waals surface area contributed by atoms with Crippen molar-refractivity contribution in [3.8, 4) is 16.9 Å². The van der Waals surface area contributed by atoms with Gasteiger partial charge in [0.25, 0.3) is 5.91 Å². The zero-order valence-electron chi connectivity index (χ0n) is 27.6. The Bertz CT molecular complexity index is 1730. The molecule has 1 saturated carbocycles. The molecule has 1 aliphatic rings. The first kappa shape index (κ1) is 33.9. The van der Waals surface area contributed by atoms with Gasteiger partial charge in [-0.25, -0.2) is 0 Å². The number of nitrogens with zero attached hydrogens (tertiary/aromatic N) is 2. The second-order valence-electron chi connectivity index (χ2n) is 12.5. The number of ether oxygens (including phenoxy) is 2. The standard InChI is InChI=1S/C36H44Cl2N4O4/c1-7-45-36(44)25-12-10-24(11-13-25)19-39-35(43)34-27(9-8-16-46-26-17-20(2)32(38)21(3)18-26)28-14-15-29(37)31(33(28)40-34)30-22(4)41-42(6)23(30)5/h14-15,17-18,24-25,40H,7-13,16,19H2,1-6H3,(H,39,43). The van der Waals surface area contributed by atoms with Gasteiger partial charge in [-0.15, -0.1) is 0 Å². The van der Waals surface area contributed by atoms with Crippen LogP contribution in [0, 0.1) is 39.5 Å². The largest absolute Gasteiger partial charge is 0.494 e. The van der Waals surface area contributed by atoms with Gasteiger partial charge in [-0.3, -0.25) is 14.3 Å². The Kier molecular flexibility index (Phi) is 10.7. The highest BCUT2D eigenvalue weighted by molar-refractivity contribution is 6.35. The van der Waals surface area contributed by atoms with Crippen molar-refractivity contribution in [3.63, 3.8) is 0 Å². The van der Waals surface area contributed by atoms with Crippen molar-refractivity contribution in [2.45, 2.75) is 73.1 Å². The predicted octanol–water partition coefficient (Wildman–Crippen LogP) is 8.22. The Balaban J connectivity index is 1.39. The maximum atomic E-state index is 13.9. The van der Waals surface area contributed by atoms with E-state index in [0.717, 1.165) is 86.6 Å². The van der Waals surface area contributed by atoms with Crippen LogP contribution in [0.4, 0.5) is 0 Å². The van der Waals surface area contributed by atoms with Crippen LogP contribution in [0.2, 0.25) is 10.0 Å². The molecule has 8 nitrogen and oxygen atoms in total. The number of fused-ring (bicyclic) bond motifs is 1. The summed E-state index contributed by atoms with van der Waals surface area (Å²) in [7, 11) is 1.92. The number of esters is 1. The summed E-state index contributed by atoms with van der Waals surface area (Å²) in [6.07, 6.45) is 4.66. The highest BCUT2D eigenvalue weighted by Gasteiger charge is 2.28. The molecular weight excluding hydrogens is 623 g/mol. The lowest BCUT2D eigenvalue weighted by Gasteiger charge is -2.27. The molecule has 2 heterocycles. The van der Waals surface area contributed by atoms with E-state index in [9.17, 15) is 9.59 Å². The quantitative estimate of drug-likeness (QED) is 0.124. The number of aromatic nitrogens is 3. The van der Waals surface area contributed by atoms with Gasteiger partial charge in [0.05, 0.1) is 35.4 Å². The monoisotopic (exact) mass is 666 g/mol. The zero-order chi connectivity index (χ0) is 33.1. The first-order valence-corrected chi connectivity index (χ1v) is 16.9. The second kappa shape index (κ2) is 14.5. The summed E-state index contributed by atoms with van der Waals surface area (Å²) >= 11 is 13.2. The molecule has 2 aromatic carbocycles. The lowest BCUT2D eigenvalue weighted by atomic mass is 9.82. The molecule has 1 fully saturated rings. The van der Waals surface area contributed by atoms with E-state index in [1.54, 1.807) is 0 Å². The van der Waals surface area contributed by atoms with Gasteiger partial charge >= 0.3 is 5.97 Å². The molecule has 0 spiro atoms. The Morgan fingerprint density at radius 2 is 1.74 bits per heavy atom. The third-order valence-corrected chi connectivity index (χ3v) is 10.2. The Hall–Kier alpha value is -3.49. The number of aryl methyl sites for hydroxylation is 5. The molecule has 0 bridgehead atoms. The number of hydrogen-bond acceptors (Lipinski definition) is 5. The van der Waals surface area contributed by atoms with E-state index in [2.05, 4.69) is 15.4 Å². The number of carbonyl (C=O) groups excluding carboxylic acids is 2. The fourth-order valence-corrected chi connectivity index (χ4v) is 7.10. The van der Waals surface area contributed by atoms with Crippen molar-refractivity contribution in [1.29, 1.82) is 0 Å². The minimum atomic E-state index is -0.148. The van der Waals surface area contributed by atoms with Crippen molar-refractivity contribution in [3.05, 3.63) is 68.1 Å². The summed E-state index contributed by atoms with van der Waals surface area (Å²) in [6, 6.07) is 7.80. The second-order valence-corrected chi connectivity index (χ2v) is 13.3. The van der Waals surface area contributed by atoms with Gasteiger partial charge in [0, 0.05) is 40.8 Å². The van der Waals surface area contributed by atoms with Crippen molar-refractivity contribution in [2.75, 3.05) is 19.8 Å². The van der Waals surface area contributed by atoms with Gasteiger partial charge in [-0.1, -0.05) is 29.3 Å². The summed E-state index contributed by atoms with van der Waals surface area (Å²) in [5.41, 5.74) is 7.94. The number of halogens is 2. The maximum absolute atomic E-state index is 13.9. The van der Waals surface area contributed by atoms with E-state index in [-0.39, 0.29) is 17.8 Å². The fraction of sp³-hybridized carbons (Fsp3) is 0.472. The molecule has 2 aromatic heterocycles. The first-order valence-electron chi connectivity index (χ1n) is 16.2. The number of carbonyl (C=O) groups is 2. The average molecular weight is 668 g/mol. The molecule has 1 amide bonds. The summed E-state index contributed by atoms with van der Waals surface area (Å²) < 4.78 is 13.2. The van der Waals surface area contributed by atoms with Crippen molar-refractivity contribution >= 4 is 46.0 Å². The highest BCUT2D eigenvalue weighted by Crippen LogP contribution is 2.40. The topological polar surface area (TPSA) is 98.2 Å². The molecule has 2 N–H and O–H groups in total. The number of rotatable bonds is 11. The molecule has 0 unspecified atom stereocenters. The van der Waals surface area contributed by atoms with Crippen LogP contribution in [0.3, 0.4) is 0 Å². The normalized spacial score (nSPS) is 16.5. The van der Waals surface area contributed by atoms with Gasteiger partial charge in [0.2, 0.25) is 0 Å². The van der Waals surface area contributed by atoms with Crippen molar-refractivity contribution in [2.24, 2.45) is 18.9 Å². The fourth-order valence-electron chi connectivity index (χ4n) is 6.74. The molecule has 10 heteroatoms. The van der Waals surface area contributed by atoms with Crippen molar-refractivity contribution in [1.82, 2.24) is 20.1 Å². The van der Waals surface area contributed by atoms with Crippen LogP contribution in [0.5, 0.6) is 5.75 Å². The lowest BCUT2D eigenvalue weighted by molar-refractivity contribution is -0.149. The van der Waals surface area contributed by atoms with Crippen LogP contribution in [0.15, 0.2) is 24.3 Å². The summed E-state index contributed by atoms with van der Waals surface area (Å²) in [5.74, 6) is 0.799. The molecule has 0 aliphatic heterocycles. The summed E-state index contributed by atoms with van der Waals surface area (Å²) in [6.45, 7) is 11.2. The smallest absolute Gasteiger partial charge is 0.308 e. The van der Waals surface area contributed by atoms with E-state index in [0.29, 0.717) is 49.2 Å². The highest BCUT2D eigenvalue weighted by atomic mass is 35.5. The van der Waals surface area contributed by atoms with Gasteiger partial charge < -0.3 is 19.8 Å². The van der Waals surface area contributed by atoms with Crippen molar-refractivity contribution < 1.29 is 19.1 Å². The Labute approximate surface area is 281 Å². The summed E-state index contributed by atoms with van der Waals surface area (Å²) in [5, 5.41) is 10.1. The molecule has 0 atom stereocenters. The van der Waals surface area contributed by atoms with E-state index >= 15 is 0 Å². The third-order valence-electron chi connectivity index (χ3n) is 9.29. The third kappa shape index (κ3) is 7.08. The lowest BCUT2D eigenvalue weighted by Crippen LogP contribution is -2.33. The summed E-state index contributed by atoms with van der Waals surface area (Å²) in [4.78, 5) is 29.5. The predicted molar refractivity (Wildman–Crippen MR) is 184 cm³/mol. The van der Waals surface area contributed by atoms with E-state index < -0.39 is 0 Å².